The minimum Gasteiger partial charge on any atom is -0.492 e. The van der Waals surface area contributed by atoms with Gasteiger partial charge in [-0.15, -0.1) is 0 Å². The van der Waals surface area contributed by atoms with Gasteiger partial charge in [0.1, 0.15) is 5.75 Å². The molecule has 1 aliphatic rings. The summed E-state index contributed by atoms with van der Waals surface area (Å²) in [6.07, 6.45) is 0.837. The normalized spacial score (nSPS) is 17.0. The van der Waals surface area contributed by atoms with Gasteiger partial charge in [-0.3, -0.25) is 0 Å². The molecule has 0 aromatic heterocycles. The maximum absolute atomic E-state index is 6.20. The minimum absolute atomic E-state index is 0.0954. The SMILES string of the molecule is Clc1cc(Cl)c2c(c1)C(Nc1ccc(Cl)c(Br)c1)CCO2. The molecule has 1 heterocycles. The third-order valence-corrected chi connectivity index (χ3v) is 5.04. The van der Waals surface area contributed by atoms with Crippen molar-refractivity contribution >= 4 is 56.4 Å². The maximum Gasteiger partial charge on any atom is 0.143 e. The van der Waals surface area contributed by atoms with Crippen LogP contribution in [0.2, 0.25) is 15.1 Å². The highest BCUT2D eigenvalue weighted by Gasteiger charge is 2.24. The van der Waals surface area contributed by atoms with Gasteiger partial charge in [0, 0.05) is 27.2 Å². The first-order chi connectivity index (χ1) is 10.0. The zero-order valence-corrected chi connectivity index (χ0v) is 14.7. The second-order valence-corrected chi connectivity index (χ2v) is 6.87. The number of anilines is 1. The standard InChI is InChI=1S/C15H11BrCl3NO/c16-11-7-9(1-2-12(11)18)20-14-3-4-21-15-10(14)5-8(17)6-13(15)19/h1-2,5-7,14,20H,3-4H2. The molecule has 0 spiro atoms. The first-order valence-corrected chi connectivity index (χ1v) is 8.30. The number of hydrogen-bond acceptors (Lipinski definition) is 2. The van der Waals surface area contributed by atoms with Crippen LogP contribution in [0.15, 0.2) is 34.8 Å². The molecule has 0 bridgehead atoms. The van der Waals surface area contributed by atoms with Gasteiger partial charge in [-0.2, -0.15) is 0 Å². The molecular formula is C15H11BrCl3NO. The highest BCUT2D eigenvalue weighted by Crippen LogP contribution is 2.41. The Morgan fingerprint density at radius 3 is 2.67 bits per heavy atom. The average Bonchev–Trinajstić information content (AvgIpc) is 2.44. The Morgan fingerprint density at radius 1 is 1.10 bits per heavy atom. The van der Waals surface area contributed by atoms with Crippen LogP contribution >= 0.6 is 50.7 Å². The first-order valence-electron chi connectivity index (χ1n) is 6.38. The van der Waals surface area contributed by atoms with Crippen molar-refractivity contribution in [1.29, 1.82) is 0 Å². The van der Waals surface area contributed by atoms with E-state index in [1.165, 1.54) is 0 Å². The van der Waals surface area contributed by atoms with E-state index < -0.39 is 0 Å². The predicted octanol–water partition coefficient (Wildman–Crippen LogP) is 6.35. The van der Waals surface area contributed by atoms with E-state index in [1.54, 1.807) is 6.07 Å². The lowest BCUT2D eigenvalue weighted by Crippen LogP contribution is -2.20. The highest BCUT2D eigenvalue weighted by atomic mass is 79.9. The monoisotopic (exact) mass is 405 g/mol. The summed E-state index contributed by atoms with van der Waals surface area (Å²) in [6, 6.07) is 9.42. The van der Waals surface area contributed by atoms with Gasteiger partial charge in [-0.1, -0.05) is 34.8 Å². The molecule has 2 nitrogen and oxygen atoms in total. The molecule has 0 saturated carbocycles. The summed E-state index contributed by atoms with van der Waals surface area (Å²) in [5.41, 5.74) is 1.95. The Labute approximate surface area is 146 Å². The lowest BCUT2D eigenvalue weighted by atomic mass is 10.00. The smallest absolute Gasteiger partial charge is 0.143 e. The fraction of sp³-hybridized carbons (Fsp3) is 0.200. The summed E-state index contributed by atoms with van der Waals surface area (Å²) in [6.45, 7) is 0.612. The average molecular weight is 408 g/mol. The van der Waals surface area contributed by atoms with Crippen LogP contribution in [0.1, 0.15) is 18.0 Å². The minimum atomic E-state index is 0.0954. The van der Waals surface area contributed by atoms with Crippen LogP contribution in [-0.4, -0.2) is 6.61 Å². The Balaban J connectivity index is 1.93. The van der Waals surface area contributed by atoms with E-state index in [9.17, 15) is 0 Å². The quantitative estimate of drug-likeness (QED) is 0.627. The zero-order chi connectivity index (χ0) is 15.0. The molecule has 1 unspecified atom stereocenters. The van der Waals surface area contributed by atoms with E-state index in [2.05, 4.69) is 21.2 Å². The molecule has 0 radical (unpaired) electrons. The Hall–Kier alpha value is -0.610. The lowest BCUT2D eigenvalue weighted by Gasteiger charge is -2.28. The van der Waals surface area contributed by atoms with Crippen LogP contribution in [0.25, 0.3) is 0 Å². The fourth-order valence-corrected chi connectivity index (χ4v) is 3.42. The van der Waals surface area contributed by atoms with Crippen molar-refractivity contribution < 1.29 is 4.74 Å². The lowest BCUT2D eigenvalue weighted by molar-refractivity contribution is 0.274. The summed E-state index contributed by atoms with van der Waals surface area (Å²) in [7, 11) is 0. The van der Waals surface area contributed by atoms with Crippen molar-refractivity contribution in [2.75, 3.05) is 11.9 Å². The van der Waals surface area contributed by atoms with Crippen LogP contribution in [-0.2, 0) is 0 Å². The third-order valence-electron chi connectivity index (χ3n) is 3.33. The van der Waals surface area contributed by atoms with E-state index >= 15 is 0 Å². The summed E-state index contributed by atoms with van der Waals surface area (Å²) < 4.78 is 6.51. The number of rotatable bonds is 2. The molecule has 1 aliphatic heterocycles. The Kier molecular flexibility index (Phi) is 4.55. The van der Waals surface area contributed by atoms with Gasteiger partial charge in [-0.25, -0.2) is 0 Å². The molecule has 1 N–H and O–H groups in total. The van der Waals surface area contributed by atoms with Crippen LogP contribution in [0, 0.1) is 0 Å². The van der Waals surface area contributed by atoms with Crippen LogP contribution in [0.4, 0.5) is 5.69 Å². The molecule has 6 heteroatoms. The van der Waals surface area contributed by atoms with Crippen LogP contribution in [0.3, 0.4) is 0 Å². The summed E-state index contributed by atoms with van der Waals surface area (Å²) in [5, 5.41) is 5.30. The molecule has 0 amide bonds. The second kappa shape index (κ2) is 6.25. The molecule has 110 valence electrons. The molecule has 2 aromatic carbocycles. The molecular weight excluding hydrogens is 396 g/mol. The molecule has 21 heavy (non-hydrogen) atoms. The number of ether oxygens (including phenoxy) is 1. The third kappa shape index (κ3) is 3.26. The predicted molar refractivity (Wildman–Crippen MR) is 92.1 cm³/mol. The number of halogens is 4. The van der Waals surface area contributed by atoms with Gasteiger partial charge >= 0.3 is 0 Å². The van der Waals surface area contributed by atoms with Crippen molar-refractivity contribution in [1.82, 2.24) is 0 Å². The number of hydrogen-bond donors (Lipinski definition) is 1. The van der Waals surface area contributed by atoms with E-state index in [4.69, 9.17) is 39.5 Å². The fourth-order valence-electron chi connectivity index (χ4n) is 2.36. The van der Waals surface area contributed by atoms with Gasteiger partial charge < -0.3 is 10.1 Å². The Morgan fingerprint density at radius 2 is 1.90 bits per heavy atom. The maximum atomic E-state index is 6.20. The van der Waals surface area contributed by atoms with Crippen molar-refractivity contribution in [3.63, 3.8) is 0 Å². The summed E-state index contributed by atoms with van der Waals surface area (Å²) >= 11 is 21.7. The zero-order valence-electron chi connectivity index (χ0n) is 10.8. The number of nitrogens with one attached hydrogen (secondary N) is 1. The van der Waals surface area contributed by atoms with Crippen molar-refractivity contribution in [2.45, 2.75) is 12.5 Å². The van der Waals surface area contributed by atoms with Crippen molar-refractivity contribution in [2.24, 2.45) is 0 Å². The van der Waals surface area contributed by atoms with E-state index in [0.29, 0.717) is 27.4 Å². The van der Waals surface area contributed by atoms with Gasteiger partial charge in [0.25, 0.3) is 0 Å². The van der Waals surface area contributed by atoms with E-state index in [0.717, 1.165) is 22.1 Å². The Bertz CT molecular complexity index is 693. The molecule has 0 fully saturated rings. The molecule has 3 rings (SSSR count). The van der Waals surface area contributed by atoms with Crippen LogP contribution in [0.5, 0.6) is 5.75 Å². The van der Waals surface area contributed by atoms with Gasteiger partial charge in [0.2, 0.25) is 0 Å². The summed E-state index contributed by atoms with van der Waals surface area (Å²) in [5.74, 6) is 0.706. The highest BCUT2D eigenvalue weighted by molar-refractivity contribution is 9.10. The van der Waals surface area contributed by atoms with E-state index in [1.807, 2.05) is 24.3 Å². The van der Waals surface area contributed by atoms with Gasteiger partial charge in [0.05, 0.1) is 22.7 Å². The number of benzene rings is 2. The number of fused-ring (bicyclic) bond motifs is 1. The van der Waals surface area contributed by atoms with Crippen molar-refractivity contribution in [3.05, 3.63) is 55.4 Å². The molecule has 0 aliphatic carbocycles. The molecule has 2 aromatic rings. The topological polar surface area (TPSA) is 21.3 Å². The second-order valence-electron chi connectivity index (χ2n) is 4.77. The van der Waals surface area contributed by atoms with Crippen molar-refractivity contribution in [3.8, 4) is 5.75 Å². The van der Waals surface area contributed by atoms with Gasteiger partial charge in [-0.05, 0) is 46.3 Å². The molecule has 0 saturated heterocycles. The molecule has 1 atom stereocenters. The van der Waals surface area contributed by atoms with E-state index in [-0.39, 0.29) is 6.04 Å². The van der Waals surface area contributed by atoms with Gasteiger partial charge in [0.15, 0.2) is 0 Å². The summed E-state index contributed by atoms with van der Waals surface area (Å²) in [4.78, 5) is 0. The largest absolute Gasteiger partial charge is 0.492 e. The van der Waals surface area contributed by atoms with Crippen LogP contribution < -0.4 is 10.1 Å². The first kappa shape index (κ1) is 15.3.